The van der Waals surface area contributed by atoms with Crippen LogP contribution >= 0.6 is 0 Å². The number of ether oxygens (including phenoxy) is 2. The summed E-state index contributed by atoms with van der Waals surface area (Å²) in [4.78, 5) is 23.3. The van der Waals surface area contributed by atoms with E-state index in [0.29, 0.717) is 13.0 Å². The average Bonchev–Trinajstić information content (AvgIpc) is 2.98. The Kier molecular flexibility index (Phi) is 14.1. The van der Waals surface area contributed by atoms with Crippen LogP contribution in [0.4, 0.5) is 0 Å². The van der Waals surface area contributed by atoms with Crippen molar-refractivity contribution in [2.24, 2.45) is 5.92 Å². The van der Waals surface area contributed by atoms with Crippen LogP contribution in [-0.4, -0.2) is 36.4 Å². The molecule has 0 unspecified atom stereocenters. The number of hydrogen-bond donors (Lipinski definition) is 1. The number of aliphatic hydroxyl groups excluding tert-OH is 1. The van der Waals surface area contributed by atoms with Crippen molar-refractivity contribution in [3.05, 3.63) is 0 Å². The van der Waals surface area contributed by atoms with Crippen LogP contribution in [0.15, 0.2) is 0 Å². The molecular formula is C22H40O5. The number of rotatable bonds is 17. The van der Waals surface area contributed by atoms with Gasteiger partial charge in [-0.1, -0.05) is 77.6 Å². The highest BCUT2D eigenvalue weighted by Crippen LogP contribution is 2.27. The Bertz CT molecular complexity index is 396. The molecule has 2 atom stereocenters. The first-order chi connectivity index (χ1) is 13.2. The lowest BCUT2D eigenvalue weighted by Crippen LogP contribution is -2.21. The van der Waals surface area contributed by atoms with E-state index in [1.807, 2.05) is 0 Å². The molecule has 0 spiro atoms. The molecule has 1 heterocycles. The van der Waals surface area contributed by atoms with Crippen molar-refractivity contribution in [2.75, 3.05) is 13.2 Å². The second-order valence-electron chi connectivity index (χ2n) is 7.82. The van der Waals surface area contributed by atoms with Crippen molar-refractivity contribution < 1.29 is 24.2 Å². The number of esters is 2. The molecule has 0 aromatic heterocycles. The van der Waals surface area contributed by atoms with Gasteiger partial charge in [0.15, 0.2) is 0 Å². The van der Waals surface area contributed by atoms with Gasteiger partial charge in [0.1, 0.15) is 6.10 Å². The number of aliphatic hydroxyl groups is 1. The van der Waals surface area contributed by atoms with Gasteiger partial charge in [-0.15, -0.1) is 0 Å². The molecular weight excluding hydrogens is 344 g/mol. The minimum Gasteiger partial charge on any atom is -0.466 e. The maximum atomic E-state index is 11.9. The second-order valence-corrected chi connectivity index (χ2v) is 7.82. The molecule has 158 valence electrons. The zero-order valence-corrected chi connectivity index (χ0v) is 17.3. The number of carbonyl (C=O) groups is 2. The summed E-state index contributed by atoms with van der Waals surface area (Å²) in [5, 5.41) is 8.99. The second kappa shape index (κ2) is 15.9. The molecule has 27 heavy (non-hydrogen) atoms. The van der Waals surface area contributed by atoms with Crippen LogP contribution in [0.25, 0.3) is 0 Å². The Balaban J connectivity index is 1.90. The zero-order chi connectivity index (χ0) is 19.7. The molecule has 1 N–H and O–H groups in total. The average molecular weight is 385 g/mol. The van der Waals surface area contributed by atoms with Crippen LogP contribution in [-0.2, 0) is 19.1 Å². The Morgan fingerprint density at radius 3 is 2.11 bits per heavy atom. The third-order valence-electron chi connectivity index (χ3n) is 5.34. The van der Waals surface area contributed by atoms with Crippen LogP contribution in [0.2, 0.25) is 0 Å². The van der Waals surface area contributed by atoms with Crippen LogP contribution in [0, 0.1) is 5.92 Å². The third kappa shape index (κ3) is 12.1. The Hall–Kier alpha value is -1.10. The minimum atomic E-state index is -0.346. The first-order valence-corrected chi connectivity index (χ1v) is 11.1. The van der Waals surface area contributed by atoms with E-state index in [9.17, 15) is 9.59 Å². The maximum absolute atomic E-state index is 11.9. The smallest absolute Gasteiger partial charge is 0.306 e. The van der Waals surface area contributed by atoms with Crippen LogP contribution in [0.1, 0.15) is 103 Å². The summed E-state index contributed by atoms with van der Waals surface area (Å²) in [6.45, 7) is 2.67. The van der Waals surface area contributed by atoms with E-state index in [0.717, 1.165) is 12.8 Å². The van der Waals surface area contributed by atoms with Gasteiger partial charge in [0, 0.05) is 18.9 Å². The van der Waals surface area contributed by atoms with Crippen molar-refractivity contribution in [1.82, 2.24) is 0 Å². The first kappa shape index (κ1) is 23.9. The Morgan fingerprint density at radius 1 is 1.00 bits per heavy atom. The minimum absolute atomic E-state index is 0.0393. The van der Waals surface area contributed by atoms with Gasteiger partial charge in [-0.05, 0) is 6.42 Å². The predicted molar refractivity (Wildman–Crippen MR) is 106 cm³/mol. The van der Waals surface area contributed by atoms with Gasteiger partial charge >= 0.3 is 11.9 Å². The van der Waals surface area contributed by atoms with Crippen molar-refractivity contribution in [1.29, 1.82) is 0 Å². The number of hydrogen-bond acceptors (Lipinski definition) is 5. The van der Waals surface area contributed by atoms with Gasteiger partial charge in [0.2, 0.25) is 0 Å². The molecule has 0 aliphatic carbocycles. The van der Waals surface area contributed by atoms with Crippen molar-refractivity contribution in [3.8, 4) is 0 Å². The molecule has 1 rings (SSSR count). The summed E-state index contributed by atoms with van der Waals surface area (Å²) < 4.78 is 10.4. The van der Waals surface area contributed by atoms with E-state index in [1.54, 1.807) is 0 Å². The van der Waals surface area contributed by atoms with Crippen molar-refractivity contribution in [3.63, 3.8) is 0 Å². The van der Waals surface area contributed by atoms with E-state index in [4.69, 9.17) is 14.6 Å². The van der Waals surface area contributed by atoms with Crippen molar-refractivity contribution >= 4 is 11.9 Å². The Morgan fingerprint density at radius 2 is 1.56 bits per heavy atom. The standard InChI is InChI=1S/C22H40O5/c1-2-3-4-5-6-7-8-9-10-11-12-13-16-26-21(24)17-19-18-22(25)27-20(19)14-15-23/h19-20,23H,2-18H2,1H3/t19-,20+/m1/s1. The maximum Gasteiger partial charge on any atom is 0.306 e. The molecule has 0 aromatic rings. The monoisotopic (exact) mass is 384 g/mol. The molecule has 0 bridgehead atoms. The summed E-state index contributed by atoms with van der Waals surface area (Å²) in [6.07, 6.45) is 15.9. The number of carbonyl (C=O) groups excluding carboxylic acids is 2. The number of unbranched alkanes of at least 4 members (excludes halogenated alkanes) is 11. The summed E-state index contributed by atoms with van der Waals surface area (Å²) in [7, 11) is 0. The van der Waals surface area contributed by atoms with Crippen LogP contribution in [0.3, 0.4) is 0 Å². The molecule has 0 saturated carbocycles. The first-order valence-electron chi connectivity index (χ1n) is 11.1. The van der Waals surface area contributed by atoms with Gasteiger partial charge in [-0.2, -0.15) is 0 Å². The fraction of sp³-hybridized carbons (Fsp3) is 0.909. The molecule has 0 aromatic carbocycles. The highest BCUT2D eigenvalue weighted by molar-refractivity contribution is 5.75. The van der Waals surface area contributed by atoms with E-state index in [1.165, 1.54) is 64.2 Å². The quantitative estimate of drug-likeness (QED) is 0.284. The SMILES string of the molecule is CCCCCCCCCCCCCCOC(=O)C[C@@H]1CC(=O)O[C@H]1CCO. The zero-order valence-electron chi connectivity index (χ0n) is 17.3. The van der Waals surface area contributed by atoms with Gasteiger partial charge in [-0.3, -0.25) is 9.59 Å². The largest absolute Gasteiger partial charge is 0.466 e. The topological polar surface area (TPSA) is 72.8 Å². The van der Waals surface area contributed by atoms with Gasteiger partial charge in [0.05, 0.1) is 19.4 Å². The van der Waals surface area contributed by atoms with Gasteiger partial charge in [0.25, 0.3) is 0 Å². The lowest BCUT2D eigenvalue weighted by atomic mass is 9.95. The summed E-state index contributed by atoms with van der Waals surface area (Å²) in [5.74, 6) is -0.698. The number of cyclic esters (lactones) is 1. The molecule has 0 amide bonds. The van der Waals surface area contributed by atoms with Crippen LogP contribution in [0.5, 0.6) is 0 Å². The lowest BCUT2D eigenvalue weighted by molar-refractivity contribution is -0.146. The molecule has 1 aliphatic rings. The van der Waals surface area contributed by atoms with Crippen molar-refractivity contribution in [2.45, 2.75) is 109 Å². The van der Waals surface area contributed by atoms with E-state index in [2.05, 4.69) is 6.92 Å². The molecule has 1 fully saturated rings. The molecule has 1 saturated heterocycles. The third-order valence-corrected chi connectivity index (χ3v) is 5.34. The molecule has 0 radical (unpaired) electrons. The van der Waals surface area contributed by atoms with E-state index >= 15 is 0 Å². The van der Waals surface area contributed by atoms with Gasteiger partial charge in [-0.25, -0.2) is 0 Å². The lowest BCUT2D eigenvalue weighted by Gasteiger charge is -2.15. The summed E-state index contributed by atoms with van der Waals surface area (Å²) >= 11 is 0. The van der Waals surface area contributed by atoms with Crippen LogP contribution < -0.4 is 0 Å². The molecule has 5 nitrogen and oxygen atoms in total. The molecule has 1 aliphatic heterocycles. The van der Waals surface area contributed by atoms with E-state index in [-0.39, 0.29) is 43.4 Å². The highest BCUT2D eigenvalue weighted by atomic mass is 16.6. The normalized spacial score (nSPS) is 19.3. The van der Waals surface area contributed by atoms with E-state index < -0.39 is 0 Å². The summed E-state index contributed by atoms with van der Waals surface area (Å²) in [6, 6.07) is 0. The molecule has 5 heteroatoms. The highest BCUT2D eigenvalue weighted by Gasteiger charge is 2.35. The van der Waals surface area contributed by atoms with Gasteiger partial charge < -0.3 is 14.6 Å². The predicted octanol–water partition coefficient (Wildman–Crippen LogP) is 4.93. The fourth-order valence-electron chi connectivity index (χ4n) is 3.69. The Labute approximate surface area is 165 Å². The fourth-order valence-corrected chi connectivity index (χ4v) is 3.69. The summed E-state index contributed by atoms with van der Waals surface area (Å²) in [5.41, 5.74) is 0.